The number of methoxy groups -OCH3 is 1. The van der Waals surface area contributed by atoms with Gasteiger partial charge in [-0.25, -0.2) is 0 Å². The molecule has 1 fully saturated rings. The van der Waals surface area contributed by atoms with Crippen LogP contribution in [0.5, 0.6) is 0 Å². The minimum absolute atomic E-state index is 0.0315. The molecule has 0 saturated carbocycles. The van der Waals surface area contributed by atoms with Gasteiger partial charge >= 0.3 is 5.97 Å². The highest BCUT2D eigenvalue weighted by Gasteiger charge is 2.23. The van der Waals surface area contributed by atoms with Gasteiger partial charge in [-0.15, -0.1) is 0 Å². The van der Waals surface area contributed by atoms with E-state index in [2.05, 4.69) is 5.32 Å². The summed E-state index contributed by atoms with van der Waals surface area (Å²) in [5, 5.41) is 3.12. The van der Waals surface area contributed by atoms with Gasteiger partial charge in [-0.2, -0.15) is 0 Å². The van der Waals surface area contributed by atoms with Gasteiger partial charge in [0.15, 0.2) is 0 Å². The van der Waals surface area contributed by atoms with Gasteiger partial charge in [-0.05, 0) is 13.0 Å². The van der Waals surface area contributed by atoms with Crippen LogP contribution in [0.25, 0.3) is 0 Å². The van der Waals surface area contributed by atoms with Crippen LogP contribution in [0.15, 0.2) is 0 Å². The molecular weight excluding hydrogens is 198 g/mol. The van der Waals surface area contributed by atoms with E-state index in [-0.39, 0.29) is 11.9 Å². The molecule has 1 aliphatic rings. The summed E-state index contributed by atoms with van der Waals surface area (Å²) >= 11 is 0. The van der Waals surface area contributed by atoms with Crippen molar-refractivity contribution in [1.82, 2.24) is 5.32 Å². The van der Waals surface area contributed by atoms with Crippen LogP contribution in [0, 0.1) is 5.92 Å². The Labute approximate surface area is 90.1 Å². The minimum atomic E-state index is -0.115. The number of hydrogen-bond acceptors (Lipinski definition) is 5. The maximum atomic E-state index is 11.4. The Balaban J connectivity index is 1.92. The van der Waals surface area contributed by atoms with Gasteiger partial charge in [-0.3, -0.25) is 4.79 Å². The number of nitrogens with one attached hydrogen (secondary N) is 1. The molecule has 0 aromatic rings. The van der Waals surface area contributed by atoms with Gasteiger partial charge in [0, 0.05) is 13.7 Å². The molecule has 1 N–H and O–H groups in total. The van der Waals surface area contributed by atoms with E-state index in [4.69, 9.17) is 14.2 Å². The lowest BCUT2D eigenvalue weighted by molar-refractivity contribution is -0.149. The lowest BCUT2D eigenvalue weighted by Gasteiger charge is -2.09. The molecule has 15 heavy (non-hydrogen) atoms. The molecule has 0 spiro atoms. The molecule has 0 aromatic carbocycles. The number of carbonyl (C=O) groups excluding carboxylic acids is 1. The van der Waals surface area contributed by atoms with Gasteiger partial charge < -0.3 is 19.5 Å². The van der Waals surface area contributed by atoms with Crippen LogP contribution in [0.4, 0.5) is 0 Å². The van der Waals surface area contributed by atoms with Crippen molar-refractivity contribution < 1.29 is 19.0 Å². The van der Waals surface area contributed by atoms with Gasteiger partial charge in [0.1, 0.15) is 6.61 Å². The highest BCUT2D eigenvalue weighted by Crippen LogP contribution is 2.08. The fourth-order valence-corrected chi connectivity index (χ4v) is 1.42. The zero-order valence-electron chi connectivity index (χ0n) is 9.16. The fraction of sp³-hybridized carbons (Fsp3) is 0.900. The smallest absolute Gasteiger partial charge is 0.310 e. The molecule has 88 valence electrons. The summed E-state index contributed by atoms with van der Waals surface area (Å²) in [5.41, 5.74) is 0. The van der Waals surface area contributed by atoms with Crippen LogP contribution in [0.1, 0.15) is 6.42 Å². The highest BCUT2D eigenvalue weighted by atomic mass is 16.6. The minimum Gasteiger partial charge on any atom is -0.463 e. The maximum absolute atomic E-state index is 11.4. The summed E-state index contributed by atoms with van der Waals surface area (Å²) in [6, 6.07) is 0. The van der Waals surface area contributed by atoms with Crippen molar-refractivity contribution in [2.24, 2.45) is 5.92 Å². The van der Waals surface area contributed by atoms with Crippen LogP contribution in [0.2, 0.25) is 0 Å². The van der Waals surface area contributed by atoms with E-state index < -0.39 is 0 Å². The molecule has 1 rings (SSSR count). The Bertz CT molecular complexity index is 180. The normalized spacial score (nSPS) is 20.5. The zero-order chi connectivity index (χ0) is 10.9. The quantitative estimate of drug-likeness (QED) is 0.473. The first-order valence-corrected chi connectivity index (χ1v) is 5.28. The average molecular weight is 217 g/mol. The molecule has 0 aliphatic carbocycles. The molecule has 0 aromatic heterocycles. The van der Waals surface area contributed by atoms with Gasteiger partial charge in [-0.1, -0.05) is 0 Å². The lowest BCUT2D eigenvalue weighted by atomic mass is 10.1. The van der Waals surface area contributed by atoms with Crippen LogP contribution in [-0.4, -0.2) is 52.6 Å². The molecule has 5 heteroatoms. The van der Waals surface area contributed by atoms with E-state index in [1.807, 2.05) is 0 Å². The van der Waals surface area contributed by atoms with E-state index >= 15 is 0 Å². The van der Waals surface area contributed by atoms with Crippen molar-refractivity contribution in [2.75, 3.05) is 46.6 Å². The van der Waals surface area contributed by atoms with Crippen LogP contribution in [-0.2, 0) is 19.0 Å². The highest BCUT2D eigenvalue weighted by molar-refractivity contribution is 5.73. The summed E-state index contributed by atoms with van der Waals surface area (Å²) in [4.78, 5) is 11.4. The zero-order valence-corrected chi connectivity index (χ0v) is 9.16. The van der Waals surface area contributed by atoms with E-state index in [0.29, 0.717) is 26.4 Å². The third-order valence-corrected chi connectivity index (χ3v) is 2.30. The first-order valence-electron chi connectivity index (χ1n) is 5.28. The summed E-state index contributed by atoms with van der Waals surface area (Å²) in [6.07, 6.45) is 0.878. The van der Waals surface area contributed by atoms with E-state index in [9.17, 15) is 4.79 Å². The molecule has 1 unspecified atom stereocenters. The van der Waals surface area contributed by atoms with Gasteiger partial charge in [0.25, 0.3) is 0 Å². The molecule has 1 saturated heterocycles. The molecule has 1 aliphatic heterocycles. The first kappa shape index (κ1) is 12.4. The van der Waals surface area contributed by atoms with Gasteiger partial charge in [0.2, 0.25) is 0 Å². The third-order valence-electron chi connectivity index (χ3n) is 2.30. The van der Waals surface area contributed by atoms with E-state index in [1.165, 1.54) is 0 Å². The fourth-order valence-electron chi connectivity index (χ4n) is 1.42. The van der Waals surface area contributed by atoms with Crippen molar-refractivity contribution in [3.63, 3.8) is 0 Å². The molecular formula is C10H19NO4. The second-order valence-electron chi connectivity index (χ2n) is 3.46. The molecule has 1 heterocycles. The number of hydrogen-bond donors (Lipinski definition) is 1. The second-order valence-corrected chi connectivity index (χ2v) is 3.46. The molecule has 0 radical (unpaired) electrons. The summed E-state index contributed by atoms with van der Waals surface area (Å²) in [7, 11) is 1.62. The molecule has 0 bridgehead atoms. The van der Waals surface area contributed by atoms with Crippen molar-refractivity contribution in [1.29, 1.82) is 0 Å². The summed E-state index contributed by atoms with van der Waals surface area (Å²) < 4.78 is 15.0. The van der Waals surface area contributed by atoms with Crippen molar-refractivity contribution in [3.8, 4) is 0 Å². The number of ether oxygens (including phenoxy) is 3. The Kier molecular flexibility index (Phi) is 6.31. The summed E-state index contributed by atoms with van der Waals surface area (Å²) in [6.45, 7) is 3.53. The van der Waals surface area contributed by atoms with Gasteiger partial charge in [0.05, 0.1) is 25.7 Å². The Morgan fingerprint density at radius 3 is 2.80 bits per heavy atom. The molecule has 0 amide bonds. The predicted molar refractivity (Wildman–Crippen MR) is 54.6 cm³/mol. The van der Waals surface area contributed by atoms with Crippen LogP contribution >= 0.6 is 0 Å². The monoisotopic (exact) mass is 217 g/mol. The second kappa shape index (κ2) is 7.62. The number of rotatable bonds is 7. The largest absolute Gasteiger partial charge is 0.463 e. The van der Waals surface area contributed by atoms with Crippen molar-refractivity contribution >= 4 is 5.97 Å². The average Bonchev–Trinajstić information content (AvgIpc) is 2.76. The topological polar surface area (TPSA) is 56.8 Å². The standard InChI is InChI=1S/C10H19NO4/c1-13-4-5-14-6-7-15-10(12)9-2-3-11-8-9/h9,11H,2-8H2,1H3. The predicted octanol–water partition coefficient (Wildman–Crippen LogP) is -0.198. The summed E-state index contributed by atoms with van der Waals surface area (Å²) in [5.74, 6) is -0.0840. The lowest BCUT2D eigenvalue weighted by Crippen LogP contribution is -2.22. The maximum Gasteiger partial charge on any atom is 0.310 e. The van der Waals surface area contributed by atoms with E-state index in [1.54, 1.807) is 7.11 Å². The third kappa shape index (κ3) is 5.11. The number of carbonyl (C=O) groups is 1. The Morgan fingerprint density at radius 2 is 2.13 bits per heavy atom. The van der Waals surface area contributed by atoms with Crippen molar-refractivity contribution in [2.45, 2.75) is 6.42 Å². The Hall–Kier alpha value is -0.650. The molecule has 5 nitrogen and oxygen atoms in total. The van der Waals surface area contributed by atoms with E-state index in [0.717, 1.165) is 19.5 Å². The SMILES string of the molecule is COCCOCCOC(=O)C1CCNC1. The van der Waals surface area contributed by atoms with Crippen LogP contribution in [0.3, 0.4) is 0 Å². The van der Waals surface area contributed by atoms with Crippen molar-refractivity contribution in [3.05, 3.63) is 0 Å². The molecule has 1 atom stereocenters. The Morgan fingerprint density at radius 1 is 1.33 bits per heavy atom. The first-order chi connectivity index (χ1) is 7.34. The number of esters is 1. The van der Waals surface area contributed by atoms with Crippen LogP contribution < -0.4 is 5.32 Å².